The van der Waals surface area contributed by atoms with Crippen molar-refractivity contribution >= 4 is 5.97 Å². The summed E-state index contributed by atoms with van der Waals surface area (Å²) in [5.74, 6) is 1.56. The Morgan fingerprint density at radius 1 is 1.10 bits per heavy atom. The predicted octanol–water partition coefficient (Wildman–Crippen LogP) is 2.55. The van der Waals surface area contributed by atoms with Gasteiger partial charge in [0.15, 0.2) is 6.10 Å². The first-order valence-electron chi connectivity index (χ1n) is 8.09. The van der Waals surface area contributed by atoms with Crippen LogP contribution in [0.2, 0.25) is 0 Å². The second-order valence-electron chi connectivity index (χ2n) is 6.83. The van der Waals surface area contributed by atoms with E-state index in [1.165, 1.54) is 0 Å². The van der Waals surface area contributed by atoms with Crippen LogP contribution in [0.3, 0.4) is 0 Å². The second kappa shape index (κ2) is 6.02. The summed E-state index contributed by atoms with van der Waals surface area (Å²) >= 11 is 0. The van der Waals surface area contributed by atoms with Crippen LogP contribution in [0.5, 0.6) is 0 Å². The SMILES string of the molecule is CC(C)C1CCC(C(=O)OC2CO[C@@H]3CCO[C@H]23)CC1. The quantitative estimate of drug-likeness (QED) is 0.746. The molecule has 2 heterocycles. The standard InChI is InChI=1S/C16H26O4/c1-10(2)11-3-5-12(6-4-11)16(17)20-14-9-19-13-7-8-18-15(13)14/h10-15H,3-9H2,1-2H3/t11?,12?,13-,14?,15+/m1/s1. The van der Waals surface area contributed by atoms with Crippen molar-refractivity contribution in [1.29, 1.82) is 0 Å². The van der Waals surface area contributed by atoms with E-state index in [1.54, 1.807) is 0 Å². The lowest BCUT2D eigenvalue weighted by atomic mass is 9.77. The molecule has 3 aliphatic rings. The monoisotopic (exact) mass is 282 g/mol. The van der Waals surface area contributed by atoms with Crippen molar-refractivity contribution in [3.05, 3.63) is 0 Å². The van der Waals surface area contributed by atoms with E-state index in [2.05, 4.69) is 13.8 Å². The Hall–Kier alpha value is -0.610. The minimum absolute atomic E-state index is 0.0223. The summed E-state index contributed by atoms with van der Waals surface area (Å²) in [6.07, 6.45) is 5.13. The Balaban J connectivity index is 1.48. The number of ether oxygens (including phenoxy) is 3. The average molecular weight is 282 g/mol. The third-order valence-corrected chi connectivity index (χ3v) is 5.24. The van der Waals surface area contributed by atoms with Gasteiger partial charge in [-0.2, -0.15) is 0 Å². The van der Waals surface area contributed by atoms with Crippen LogP contribution >= 0.6 is 0 Å². The molecule has 4 heteroatoms. The molecule has 3 rings (SSSR count). The summed E-state index contributed by atoms with van der Waals surface area (Å²) in [7, 11) is 0. The molecule has 114 valence electrons. The Morgan fingerprint density at radius 3 is 2.55 bits per heavy atom. The molecule has 0 aromatic carbocycles. The number of carbonyl (C=O) groups is 1. The molecule has 2 aliphatic heterocycles. The topological polar surface area (TPSA) is 44.8 Å². The van der Waals surface area contributed by atoms with Crippen molar-refractivity contribution in [2.75, 3.05) is 13.2 Å². The summed E-state index contributed by atoms with van der Waals surface area (Å²) in [5.41, 5.74) is 0. The Bertz CT molecular complexity index is 346. The van der Waals surface area contributed by atoms with Crippen molar-refractivity contribution in [3.63, 3.8) is 0 Å². The normalized spacial score (nSPS) is 40.9. The van der Waals surface area contributed by atoms with Gasteiger partial charge >= 0.3 is 5.97 Å². The fourth-order valence-electron chi connectivity index (χ4n) is 3.80. The molecule has 0 bridgehead atoms. The molecule has 3 fully saturated rings. The van der Waals surface area contributed by atoms with Gasteiger partial charge in [0.25, 0.3) is 0 Å². The fourth-order valence-corrected chi connectivity index (χ4v) is 3.80. The van der Waals surface area contributed by atoms with Gasteiger partial charge in [-0.3, -0.25) is 4.79 Å². The third kappa shape index (κ3) is 2.86. The average Bonchev–Trinajstić information content (AvgIpc) is 3.04. The van der Waals surface area contributed by atoms with E-state index >= 15 is 0 Å². The summed E-state index contributed by atoms with van der Waals surface area (Å²) < 4.78 is 16.9. The first-order valence-corrected chi connectivity index (χ1v) is 8.09. The largest absolute Gasteiger partial charge is 0.457 e. The van der Waals surface area contributed by atoms with Gasteiger partial charge in [-0.05, 0) is 43.9 Å². The van der Waals surface area contributed by atoms with E-state index < -0.39 is 0 Å². The summed E-state index contributed by atoms with van der Waals surface area (Å²) in [6, 6.07) is 0. The van der Waals surface area contributed by atoms with Crippen molar-refractivity contribution in [2.24, 2.45) is 17.8 Å². The van der Waals surface area contributed by atoms with Gasteiger partial charge in [0.2, 0.25) is 0 Å². The zero-order valence-corrected chi connectivity index (χ0v) is 12.5. The van der Waals surface area contributed by atoms with E-state index in [4.69, 9.17) is 14.2 Å². The highest BCUT2D eigenvalue weighted by Gasteiger charge is 2.44. The van der Waals surface area contributed by atoms with E-state index in [9.17, 15) is 4.79 Å². The van der Waals surface area contributed by atoms with E-state index in [0.717, 1.165) is 50.5 Å². The van der Waals surface area contributed by atoms with Gasteiger partial charge in [0.05, 0.1) is 18.6 Å². The number of carbonyl (C=O) groups excluding carboxylic acids is 1. The van der Waals surface area contributed by atoms with Gasteiger partial charge in [-0.1, -0.05) is 13.8 Å². The number of hydrogen-bond donors (Lipinski definition) is 0. The van der Waals surface area contributed by atoms with Crippen LogP contribution in [-0.4, -0.2) is 37.5 Å². The van der Waals surface area contributed by atoms with Crippen molar-refractivity contribution in [2.45, 2.75) is 64.3 Å². The molecule has 1 saturated carbocycles. The van der Waals surface area contributed by atoms with Crippen LogP contribution in [0.25, 0.3) is 0 Å². The molecule has 3 atom stereocenters. The van der Waals surface area contributed by atoms with Crippen LogP contribution in [0.1, 0.15) is 46.0 Å². The van der Waals surface area contributed by atoms with Gasteiger partial charge in [-0.15, -0.1) is 0 Å². The zero-order valence-electron chi connectivity index (χ0n) is 12.5. The van der Waals surface area contributed by atoms with Gasteiger partial charge in [0, 0.05) is 6.61 Å². The second-order valence-corrected chi connectivity index (χ2v) is 6.83. The Kier molecular flexibility index (Phi) is 4.32. The maximum absolute atomic E-state index is 12.3. The maximum Gasteiger partial charge on any atom is 0.309 e. The summed E-state index contributed by atoms with van der Waals surface area (Å²) in [5, 5.41) is 0. The fraction of sp³-hybridized carbons (Fsp3) is 0.938. The zero-order chi connectivity index (χ0) is 14.1. The molecule has 0 radical (unpaired) electrons. The summed E-state index contributed by atoms with van der Waals surface area (Å²) in [4.78, 5) is 12.3. The summed E-state index contributed by atoms with van der Waals surface area (Å²) in [6.45, 7) is 5.78. The highest BCUT2D eigenvalue weighted by molar-refractivity contribution is 5.72. The first kappa shape index (κ1) is 14.3. The van der Waals surface area contributed by atoms with E-state index in [1.807, 2.05) is 0 Å². The molecule has 4 nitrogen and oxygen atoms in total. The van der Waals surface area contributed by atoms with Gasteiger partial charge < -0.3 is 14.2 Å². The lowest BCUT2D eigenvalue weighted by molar-refractivity contribution is -0.160. The smallest absolute Gasteiger partial charge is 0.309 e. The van der Waals surface area contributed by atoms with Crippen LogP contribution in [0.4, 0.5) is 0 Å². The van der Waals surface area contributed by atoms with E-state index in [-0.39, 0.29) is 30.2 Å². The molecule has 2 saturated heterocycles. The number of hydrogen-bond acceptors (Lipinski definition) is 4. The third-order valence-electron chi connectivity index (χ3n) is 5.24. The highest BCUT2D eigenvalue weighted by atomic mass is 16.6. The molecular formula is C16H26O4. The Morgan fingerprint density at radius 2 is 1.85 bits per heavy atom. The lowest BCUT2D eigenvalue weighted by Gasteiger charge is -2.30. The molecule has 0 N–H and O–H groups in total. The molecule has 0 amide bonds. The highest BCUT2D eigenvalue weighted by Crippen LogP contribution is 2.35. The molecule has 1 aliphatic carbocycles. The molecular weight excluding hydrogens is 256 g/mol. The van der Waals surface area contributed by atoms with Crippen molar-refractivity contribution < 1.29 is 19.0 Å². The van der Waals surface area contributed by atoms with Crippen molar-refractivity contribution in [1.82, 2.24) is 0 Å². The van der Waals surface area contributed by atoms with Crippen LogP contribution in [0.15, 0.2) is 0 Å². The minimum Gasteiger partial charge on any atom is -0.457 e. The molecule has 20 heavy (non-hydrogen) atoms. The first-order chi connectivity index (χ1) is 9.65. The predicted molar refractivity (Wildman–Crippen MR) is 74.3 cm³/mol. The van der Waals surface area contributed by atoms with Crippen LogP contribution in [0, 0.1) is 17.8 Å². The molecule has 0 spiro atoms. The molecule has 0 aromatic heterocycles. The number of rotatable bonds is 3. The van der Waals surface area contributed by atoms with Crippen LogP contribution in [-0.2, 0) is 19.0 Å². The van der Waals surface area contributed by atoms with Gasteiger partial charge in [-0.25, -0.2) is 0 Å². The van der Waals surface area contributed by atoms with Gasteiger partial charge in [0.1, 0.15) is 6.10 Å². The van der Waals surface area contributed by atoms with E-state index in [0.29, 0.717) is 6.61 Å². The van der Waals surface area contributed by atoms with Crippen LogP contribution < -0.4 is 0 Å². The molecule has 1 unspecified atom stereocenters. The molecule has 0 aromatic rings. The minimum atomic E-state index is -0.183. The maximum atomic E-state index is 12.3. The number of esters is 1. The lowest BCUT2D eigenvalue weighted by Crippen LogP contribution is -2.35. The van der Waals surface area contributed by atoms with Crippen molar-refractivity contribution in [3.8, 4) is 0 Å². The Labute approximate surface area is 121 Å². The number of fused-ring (bicyclic) bond motifs is 1.